The SMILES string of the molecule is COc1cc(C#N)ccc1OCCCC(=O)Nc1cccc(OCCCC#N)c1. The van der Waals surface area contributed by atoms with E-state index in [1.807, 2.05) is 6.07 Å². The lowest BCUT2D eigenvalue weighted by molar-refractivity contribution is -0.116. The summed E-state index contributed by atoms with van der Waals surface area (Å²) in [5.74, 6) is 1.55. The van der Waals surface area contributed by atoms with Gasteiger partial charge < -0.3 is 19.5 Å². The van der Waals surface area contributed by atoms with Gasteiger partial charge in [-0.2, -0.15) is 10.5 Å². The molecule has 1 amide bonds. The third-order valence-electron chi connectivity index (χ3n) is 3.92. The largest absolute Gasteiger partial charge is 0.493 e. The van der Waals surface area contributed by atoms with Crippen molar-refractivity contribution in [1.82, 2.24) is 0 Å². The van der Waals surface area contributed by atoms with Crippen molar-refractivity contribution in [3.8, 4) is 29.4 Å². The summed E-state index contributed by atoms with van der Waals surface area (Å²) < 4.78 is 16.4. The Morgan fingerprint density at radius 1 is 1.03 bits per heavy atom. The fraction of sp³-hybridized carbons (Fsp3) is 0.318. The first-order valence-electron chi connectivity index (χ1n) is 9.27. The molecule has 0 heterocycles. The van der Waals surface area contributed by atoms with E-state index in [1.54, 1.807) is 42.5 Å². The Balaban J connectivity index is 1.75. The van der Waals surface area contributed by atoms with Gasteiger partial charge in [0.05, 0.1) is 38.0 Å². The third-order valence-corrected chi connectivity index (χ3v) is 3.92. The second kappa shape index (κ2) is 11.9. The van der Waals surface area contributed by atoms with Crippen LogP contribution in [0.4, 0.5) is 5.69 Å². The van der Waals surface area contributed by atoms with E-state index in [2.05, 4.69) is 11.4 Å². The van der Waals surface area contributed by atoms with Crippen molar-refractivity contribution in [2.75, 3.05) is 25.6 Å². The molecular formula is C22H23N3O4. The molecule has 0 bridgehead atoms. The van der Waals surface area contributed by atoms with Gasteiger partial charge in [0.1, 0.15) is 5.75 Å². The minimum absolute atomic E-state index is 0.123. The van der Waals surface area contributed by atoms with Gasteiger partial charge in [-0.1, -0.05) is 6.07 Å². The number of rotatable bonds is 11. The van der Waals surface area contributed by atoms with Gasteiger partial charge >= 0.3 is 0 Å². The molecule has 0 radical (unpaired) electrons. The van der Waals surface area contributed by atoms with Crippen molar-refractivity contribution in [2.45, 2.75) is 25.7 Å². The van der Waals surface area contributed by atoms with E-state index in [0.717, 1.165) is 0 Å². The van der Waals surface area contributed by atoms with E-state index in [-0.39, 0.29) is 5.91 Å². The van der Waals surface area contributed by atoms with Crippen LogP contribution in [-0.2, 0) is 4.79 Å². The lowest BCUT2D eigenvalue weighted by Crippen LogP contribution is -2.13. The summed E-state index contributed by atoms with van der Waals surface area (Å²) in [6, 6.07) is 16.2. The summed E-state index contributed by atoms with van der Waals surface area (Å²) in [6.07, 6.45) is 1.94. The standard InChI is InChI=1S/C22H23N3O4/c1-27-21-14-17(16-24)9-10-20(21)29-13-5-8-22(26)25-18-6-4-7-19(15-18)28-12-3-2-11-23/h4,6-7,9-10,14-15H,2-3,5,8,12-13H2,1H3,(H,25,26). The molecule has 0 aliphatic heterocycles. The summed E-state index contributed by atoms with van der Waals surface area (Å²) in [7, 11) is 1.51. The maximum absolute atomic E-state index is 12.1. The van der Waals surface area contributed by atoms with Crippen molar-refractivity contribution >= 4 is 11.6 Å². The molecule has 150 valence electrons. The van der Waals surface area contributed by atoms with Crippen molar-refractivity contribution in [1.29, 1.82) is 10.5 Å². The smallest absolute Gasteiger partial charge is 0.224 e. The molecule has 0 saturated heterocycles. The van der Waals surface area contributed by atoms with Gasteiger partial charge in [-0.3, -0.25) is 4.79 Å². The maximum atomic E-state index is 12.1. The molecule has 2 rings (SSSR count). The van der Waals surface area contributed by atoms with Crippen LogP contribution in [-0.4, -0.2) is 26.2 Å². The molecule has 0 saturated carbocycles. The van der Waals surface area contributed by atoms with Crippen molar-refractivity contribution in [3.05, 3.63) is 48.0 Å². The number of carbonyl (C=O) groups is 1. The molecule has 7 heteroatoms. The second-order valence-electron chi connectivity index (χ2n) is 6.12. The van der Waals surface area contributed by atoms with Crippen molar-refractivity contribution in [2.24, 2.45) is 0 Å². The van der Waals surface area contributed by atoms with Gasteiger partial charge in [0.2, 0.25) is 5.91 Å². The van der Waals surface area contributed by atoms with E-state index in [1.165, 1.54) is 7.11 Å². The summed E-state index contributed by atoms with van der Waals surface area (Å²) in [4.78, 5) is 12.1. The highest BCUT2D eigenvalue weighted by molar-refractivity contribution is 5.90. The molecule has 2 aromatic carbocycles. The van der Waals surface area contributed by atoms with Gasteiger partial charge in [-0.05, 0) is 37.1 Å². The molecule has 0 atom stereocenters. The normalized spacial score (nSPS) is 9.76. The Kier molecular flexibility index (Phi) is 8.85. The lowest BCUT2D eigenvalue weighted by atomic mass is 10.2. The van der Waals surface area contributed by atoms with E-state index < -0.39 is 0 Å². The summed E-state index contributed by atoms with van der Waals surface area (Å²) in [5, 5.41) is 20.3. The van der Waals surface area contributed by atoms with Gasteiger partial charge in [-0.25, -0.2) is 0 Å². The summed E-state index contributed by atoms with van der Waals surface area (Å²) >= 11 is 0. The quantitative estimate of drug-likeness (QED) is 0.578. The monoisotopic (exact) mass is 393 g/mol. The maximum Gasteiger partial charge on any atom is 0.224 e. The number of amides is 1. The zero-order valence-corrected chi connectivity index (χ0v) is 16.3. The zero-order chi connectivity index (χ0) is 20.9. The number of anilines is 1. The Bertz CT molecular complexity index is 900. The minimum Gasteiger partial charge on any atom is -0.493 e. The second-order valence-corrected chi connectivity index (χ2v) is 6.12. The van der Waals surface area contributed by atoms with Crippen LogP contribution < -0.4 is 19.5 Å². The topological polar surface area (TPSA) is 104 Å². The van der Waals surface area contributed by atoms with Gasteiger partial charge in [0.25, 0.3) is 0 Å². The van der Waals surface area contributed by atoms with E-state index in [4.69, 9.17) is 24.7 Å². The fourth-order valence-electron chi connectivity index (χ4n) is 2.50. The van der Waals surface area contributed by atoms with Crippen LogP contribution in [0.1, 0.15) is 31.2 Å². The van der Waals surface area contributed by atoms with Crippen LogP contribution in [0.15, 0.2) is 42.5 Å². The number of ether oxygens (including phenoxy) is 3. The number of nitriles is 2. The highest BCUT2D eigenvalue weighted by Gasteiger charge is 2.07. The molecule has 0 spiro atoms. The molecule has 0 aromatic heterocycles. The number of nitrogens with one attached hydrogen (secondary N) is 1. The molecule has 0 aliphatic rings. The van der Waals surface area contributed by atoms with Crippen LogP contribution >= 0.6 is 0 Å². The molecule has 0 aliphatic carbocycles. The number of hydrogen-bond acceptors (Lipinski definition) is 6. The molecule has 1 N–H and O–H groups in total. The molecule has 0 unspecified atom stereocenters. The molecular weight excluding hydrogens is 370 g/mol. The number of benzene rings is 2. The lowest BCUT2D eigenvalue weighted by Gasteiger charge is -2.11. The van der Waals surface area contributed by atoms with Crippen molar-refractivity contribution < 1.29 is 19.0 Å². The van der Waals surface area contributed by atoms with E-state index >= 15 is 0 Å². The number of hydrogen-bond donors (Lipinski definition) is 1. The third kappa shape index (κ3) is 7.43. The Labute approximate surface area is 170 Å². The van der Waals surface area contributed by atoms with Gasteiger partial charge in [-0.15, -0.1) is 0 Å². The van der Waals surface area contributed by atoms with Crippen LogP contribution in [0.5, 0.6) is 17.2 Å². The Morgan fingerprint density at radius 3 is 2.62 bits per heavy atom. The predicted molar refractivity (Wildman–Crippen MR) is 108 cm³/mol. The van der Waals surface area contributed by atoms with Crippen LogP contribution in [0, 0.1) is 22.7 Å². The van der Waals surface area contributed by atoms with Gasteiger partial charge in [0.15, 0.2) is 11.5 Å². The average Bonchev–Trinajstić information content (AvgIpc) is 2.74. The highest BCUT2D eigenvalue weighted by atomic mass is 16.5. The molecule has 7 nitrogen and oxygen atoms in total. The minimum atomic E-state index is -0.123. The number of nitrogens with zero attached hydrogens (tertiary/aromatic N) is 2. The predicted octanol–water partition coefficient (Wildman–Crippen LogP) is 4.05. The Morgan fingerprint density at radius 2 is 1.86 bits per heavy atom. The fourth-order valence-corrected chi connectivity index (χ4v) is 2.50. The van der Waals surface area contributed by atoms with Gasteiger partial charge in [0, 0.05) is 30.7 Å². The molecule has 2 aromatic rings. The van der Waals surface area contributed by atoms with E-state index in [9.17, 15) is 4.79 Å². The number of unbranched alkanes of at least 4 members (excludes halogenated alkanes) is 1. The summed E-state index contributed by atoms with van der Waals surface area (Å²) in [5.41, 5.74) is 1.15. The first kappa shape index (κ1) is 21.6. The molecule has 29 heavy (non-hydrogen) atoms. The van der Waals surface area contributed by atoms with Crippen molar-refractivity contribution in [3.63, 3.8) is 0 Å². The highest BCUT2D eigenvalue weighted by Crippen LogP contribution is 2.28. The zero-order valence-electron chi connectivity index (χ0n) is 16.3. The first-order chi connectivity index (χ1) is 14.2. The van der Waals surface area contributed by atoms with Crippen LogP contribution in [0.3, 0.4) is 0 Å². The van der Waals surface area contributed by atoms with E-state index in [0.29, 0.717) is 67.4 Å². The molecule has 0 fully saturated rings. The first-order valence-corrected chi connectivity index (χ1v) is 9.27. The number of carbonyl (C=O) groups excluding carboxylic acids is 1. The Hall–Kier alpha value is -3.71. The number of methoxy groups -OCH3 is 1. The van der Waals surface area contributed by atoms with Crippen LogP contribution in [0.25, 0.3) is 0 Å². The summed E-state index contributed by atoms with van der Waals surface area (Å²) in [6.45, 7) is 0.804. The van der Waals surface area contributed by atoms with Crippen LogP contribution in [0.2, 0.25) is 0 Å². The average molecular weight is 393 g/mol.